The van der Waals surface area contributed by atoms with Crippen LogP contribution in [0, 0.1) is 0 Å². The van der Waals surface area contributed by atoms with Crippen molar-refractivity contribution in [2.24, 2.45) is 0 Å². The summed E-state index contributed by atoms with van der Waals surface area (Å²) >= 11 is 0. The molecule has 3 N–H and O–H groups in total. The smallest absolute Gasteiger partial charge is 0.251 e. The van der Waals surface area contributed by atoms with Gasteiger partial charge in [0.2, 0.25) is 0 Å². The second-order valence-electron chi connectivity index (χ2n) is 5.77. The second kappa shape index (κ2) is 6.98. The van der Waals surface area contributed by atoms with Crippen LogP contribution in [0.15, 0.2) is 22.3 Å². The molecule has 1 aliphatic rings. The van der Waals surface area contributed by atoms with Gasteiger partial charge in [0, 0.05) is 28.8 Å². The lowest BCUT2D eigenvalue weighted by Crippen LogP contribution is -2.45. The Morgan fingerprint density at radius 3 is 2.18 bits per heavy atom. The highest BCUT2D eigenvalue weighted by Crippen LogP contribution is 2.28. The Hall–Kier alpha value is -1.79. The van der Waals surface area contributed by atoms with Gasteiger partial charge < -0.3 is 15.5 Å². The number of aliphatic hydroxyl groups excluding tert-OH is 1. The van der Waals surface area contributed by atoms with E-state index in [1.54, 1.807) is 20.8 Å². The summed E-state index contributed by atoms with van der Waals surface area (Å²) in [4.78, 5) is 36.1. The minimum Gasteiger partial charge on any atom is -0.395 e. The van der Waals surface area contributed by atoms with Crippen molar-refractivity contribution in [2.45, 2.75) is 46.1 Å². The molecule has 0 aromatic carbocycles. The van der Waals surface area contributed by atoms with E-state index in [-0.39, 0.29) is 37.6 Å². The fourth-order valence-corrected chi connectivity index (χ4v) is 2.30. The van der Waals surface area contributed by atoms with E-state index < -0.39 is 11.5 Å². The zero-order valence-electron chi connectivity index (χ0n) is 13.4. The Morgan fingerprint density at radius 1 is 1.09 bits per heavy atom. The van der Waals surface area contributed by atoms with Crippen molar-refractivity contribution in [2.75, 3.05) is 13.2 Å². The first-order valence-electron chi connectivity index (χ1n) is 7.21. The second-order valence-corrected chi connectivity index (χ2v) is 5.77. The third kappa shape index (κ3) is 3.69. The summed E-state index contributed by atoms with van der Waals surface area (Å²) in [5.74, 6) is -0.990. The van der Waals surface area contributed by atoms with Crippen LogP contribution in [0.2, 0.25) is 0 Å². The zero-order chi connectivity index (χ0) is 17.1. The maximum Gasteiger partial charge on any atom is 0.251 e. The van der Waals surface area contributed by atoms with Crippen LogP contribution < -0.4 is 5.32 Å². The third-order valence-corrected chi connectivity index (χ3v) is 4.06. The van der Waals surface area contributed by atoms with Gasteiger partial charge in [-0.25, -0.2) is 0 Å². The summed E-state index contributed by atoms with van der Waals surface area (Å²) in [6, 6.07) is 0. The highest BCUT2D eigenvalue weighted by molar-refractivity contribution is 6.24. The highest BCUT2D eigenvalue weighted by atomic mass is 16.3. The van der Waals surface area contributed by atoms with Gasteiger partial charge in [0.15, 0.2) is 11.6 Å². The Morgan fingerprint density at radius 2 is 1.64 bits per heavy atom. The molecule has 0 saturated carbocycles. The molecule has 0 spiro atoms. The number of Topliss-reactive ketones (excluding diaryl/α,β-unsaturated/α-hetero) is 2. The third-order valence-electron chi connectivity index (χ3n) is 4.06. The number of hydrogen-bond donors (Lipinski definition) is 3. The maximum absolute atomic E-state index is 12.3. The van der Waals surface area contributed by atoms with Gasteiger partial charge in [0.25, 0.3) is 5.91 Å². The van der Waals surface area contributed by atoms with Gasteiger partial charge in [-0.15, -0.1) is 0 Å². The molecule has 0 heterocycles. The van der Waals surface area contributed by atoms with Crippen molar-refractivity contribution in [1.82, 2.24) is 5.32 Å². The van der Waals surface area contributed by atoms with E-state index in [0.717, 1.165) is 0 Å². The number of aliphatic hydroxyl groups is 2. The minimum absolute atomic E-state index is 0.0162. The average molecular weight is 309 g/mol. The standard InChI is InChI=1S/C16H23NO5/c1-9-10(2)14(20)12(11(3)13(9)19)5-6-16(4,22)15(21)17-7-8-18/h18,22H,5-8H2,1-4H3,(H,17,21)/t16-/m0/s1. The Kier molecular flexibility index (Phi) is 5.79. The van der Waals surface area contributed by atoms with Crippen molar-refractivity contribution in [3.63, 3.8) is 0 Å². The lowest BCUT2D eigenvalue weighted by molar-refractivity contribution is -0.138. The van der Waals surface area contributed by atoms with Crippen molar-refractivity contribution < 1.29 is 24.6 Å². The molecule has 0 aromatic rings. The number of carbonyl (C=O) groups is 3. The molecule has 0 aliphatic heterocycles. The van der Waals surface area contributed by atoms with E-state index in [1.165, 1.54) is 6.92 Å². The van der Waals surface area contributed by atoms with Crippen LogP contribution in [0.1, 0.15) is 40.5 Å². The normalized spacial score (nSPS) is 18.6. The highest BCUT2D eigenvalue weighted by Gasteiger charge is 2.33. The molecule has 0 saturated heterocycles. The number of hydrogen-bond acceptors (Lipinski definition) is 5. The molecule has 0 bridgehead atoms. The number of allylic oxidation sites excluding steroid dienone is 4. The van der Waals surface area contributed by atoms with Crippen LogP contribution in [0.25, 0.3) is 0 Å². The SMILES string of the molecule is CC1=C(C)C(=O)C(CC[C@](C)(O)C(=O)NCCO)=C(C)C1=O. The summed E-state index contributed by atoms with van der Waals surface area (Å²) < 4.78 is 0. The van der Waals surface area contributed by atoms with Crippen molar-refractivity contribution in [3.05, 3.63) is 22.3 Å². The van der Waals surface area contributed by atoms with Gasteiger partial charge in [-0.2, -0.15) is 0 Å². The summed E-state index contributed by atoms with van der Waals surface area (Å²) in [7, 11) is 0. The fourth-order valence-electron chi connectivity index (χ4n) is 2.30. The predicted molar refractivity (Wildman–Crippen MR) is 81.0 cm³/mol. The van der Waals surface area contributed by atoms with E-state index >= 15 is 0 Å². The first kappa shape index (κ1) is 18.3. The summed E-state index contributed by atoms with van der Waals surface area (Å²) in [6.07, 6.45) is 0.156. The largest absolute Gasteiger partial charge is 0.395 e. The number of rotatable bonds is 6. The first-order valence-corrected chi connectivity index (χ1v) is 7.21. The van der Waals surface area contributed by atoms with Crippen LogP contribution in [0.4, 0.5) is 0 Å². The van der Waals surface area contributed by atoms with Gasteiger partial charge in [0.1, 0.15) is 5.60 Å². The molecule has 0 aromatic heterocycles. The molecule has 0 unspecified atom stereocenters. The van der Waals surface area contributed by atoms with Crippen LogP contribution in [0.3, 0.4) is 0 Å². The lowest BCUT2D eigenvalue weighted by Gasteiger charge is -2.24. The van der Waals surface area contributed by atoms with Crippen LogP contribution in [-0.2, 0) is 14.4 Å². The van der Waals surface area contributed by atoms with E-state index in [2.05, 4.69) is 5.32 Å². The Labute approximate surface area is 129 Å². The van der Waals surface area contributed by atoms with Gasteiger partial charge >= 0.3 is 0 Å². The topological polar surface area (TPSA) is 104 Å². The van der Waals surface area contributed by atoms with Crippen molar-refractivity contribution in [1.29, 1.82) is 0 Å². The van der Waals surface area contributed by atoms with Gasteiger partial charge in [0.05, 0.1) is 6.61 Å². The lowest BCUT2D eigenvalue weighted by atomic mass is 9.82. The van der Waals surface area contributed by atoms with Crippen LogP contribution >= 0.6 is 0 Å². The molecule has 0 fully saturated rings. The number of nitrogens with one attached hydrogen (secondary N) is 1. The zero-order valence-corrected chi connectivity index (χ0v) is 13.4. The first-order chi connectivity index (χ1) is 10.1. The average Bonchev–Trinajstić information content (AvgIpc) is 2.48. The van der Waals surface area contributed by atoms with E-state index in [1.807, 2.05) is 0 Å². The number of ketones is 2. The molecule has 6 heteroatoms. The molecule has 6 nitrogen and oxygen atoms in total. The van der Waals surface area contributed by atoms with Gasteiger partial charge in [-0.1, -0.05) is 0 Å². The fraction of sp³-hybridized carbons (Fsp3) is 0.562. The molecule has 122 valence electrons. The van der Waals surface area contributed by atoms with Gasteiger partial charge in [-0.05, 0) is 40.5 Å². The van der Waals surface area contributed by atoms with E-state index in [4.69, 9.17) is 5.11 Å². The summed E-state index contributed by atoms with van der Waals surface area (Å²) in [5.41, 5.74) is -0.0905. The molecule has 1 atom stereocenters. The Balaban J connectivity index is 2.85. The quantitative estimate of drug-likeness (QED) is 0.617. The maximum atomic E-state index is 12.3. The van der Waals surface area contributed by atoms with Crippen molar-refractivity contribution >= 4 is 17.5 Å². The van der Waals surface area contributed by atoms with E-state index in [9.17, 15) is 19.5 Å². The molecule has 1 amide bonds. The molecule has 1 aliphatic carbocycles. The molecule has 22 heavy (non-hydrogen) atoms. The Bertz CT molecular complexity index is 569. The van der Waals surface area contributed by atoms with E-state index in [0.29, 0.717) is 22.3 Å². The van der Waals surface area contributed by atoms with Gasteiger partial charge in [-0.3, -0.25) is 14.4 Å². The van der Waals surface area contributed by atoms with Crippen LogP contribution in [0.5, 0.6) is 0 Å². The molecular weight excluding hydrogens is 286 g/mol. The minimum atomic E-state index is -1.67. The molecule has 0 radical (unpaired) electrons. The van der Waals surface area contributed by atoms with Crippen molar-refractivity contribution in [3.8, 4) is 0 Å². The predicted octanol–water partition coefficient (Wildman–Crippen LogP) is 0.431. The number of carbonyl (C=O) groups excluding carboxylic acids is 3. The molecule has 1 rings (SSSR count). The molecular formula is C16H23NO5. The van der Waals surface area contributed by atoms with Crippen LogP contribution in [-0.4, -0.2) is 46.4 Å². The summed E-state index contributed by atoms with van der Waals surface area (Å²) in [6.45, 7) is 5.99. The summed E-state index contributed by atoms with van der Waals surface area (Å²) in [5, 5.41) is 21.2. The number of amides is 1. The monoisotopic (exact) mass is 309 g/mol.